The summed E-state index contributed by atoms with van der Waals surface area (Å²) in [5.41, 5.74) is 1.68. The molecule has 1 aromatic carbocycles. The number of carbonyl (C=O) groups excluding carboxylic acids is 2. The summed E-state index contributed by atoms with van der Waals surface area (Å²) in [5.74, 6) is -0.801. The molecule has 0 aliphatic heterocycles. The number of benzene rings is 1. The first-order valence-corrected chi connectivity index (χ1v) is 6.39. The van der Waals surface area contributed by atoms with E-state index < -0.39 is 5.97 Å². The molecular formula is C14H13N3O3. The van der Waals surface area contributed by atoms with Crippen molar-refractivity contribution in [1.29, 1.82) is 0 Å². The van der Waals surface area contributed by atoms with Crippen LogP contribution in [0.1, 0.15) is 23.2 Å². The molecule has 1 heterocycles. The molecule has 0 atom stereocenters. The van der Waals surface area contributed by atoms with Gasteiger partial charge in [0, 0.05) is 18.4 Å². The van der Waals surface area contributed by atoms with E-state index in [0.717, 1.165) is 12.8 Å². The predicted molar refractivity (Wildman–Crippen MR) is 71.0 cm³/mol. The summed E-state index contributed by atoms with van der Waals surface area (Å²) in [4.78, 5) is 31.5. The monoisotopic (exact) mass is 271 g/mol. The van der Waals surface area contributed by atoms with Gasteiger partial charge in [0.15, 0.2) is 6.61 Å². The summed E-state index contributed by atoms with van der Waals surface area (Å²) in [5, 5.41) is 2.75. The Morgan fingerprint density at radius 1 is 1.20 bits per heavy atom. The molecule has 1 aliphatic carbocycles. The molecule has 0 bridgehead atoms. The number of nitrogens with one attached hydrogen (secondary N) is 1. The van der Waals surface area contributed by atoms with Gasteiger partial charge in [0.1, 0.15) is 0 Å². The fraction of sp³-hybridized carbons (Fsp3) is 0.286. The van der Waals surface area contributed by atoms with Crippen LogP contribution in [0.5, 0.6) is 0 Å². The smallest absolute Gasteiger partial charge is 0.338 e. The summed E-state index contributed by atoms with van der Waals surface area (Å²) in [7, 11) is 0. The van der Waals surface area contributed by atoms with Gasteiger partial charge in [0.25, 0.3) is 5.91 Å². The number of ether oxygens (including phenoxy) is 1. The average Bonchev–Trinajstić information content (AvgIpc) is 3.28. The number of carbonyl (C=O) groups is 2. The summed E-state index contributed by atoms with van der Waals surface area (Å²) < 4.78 is 4.97. The Hall–Kier alpha value is -2.50. The molecule has 0 spiro atoms. The minimum Gasteiger partial charge on any atom is -0.452 e. The standard InChI is InChI=1S/C14H13N3O3/c18-13(17-10-2-3-10)8-20-14(19)9-1-4-11-12(7-9)16-6-5-15-11/h1,4-7,10H,2-3,8H2,(H,17,18). The molecule has 1 aromatic heterocycles. The number of hydrogen-bond acceptors (Lipinski definition) is 5. The SMILES string of the molecule is O=C(COC(=O)c1ccc2nccnc2c1)NC1CC1. The third kappa shape index (κ3) is 2.90. The van der Waals surface area contributed by atoms with Crippen molar-refractivity contribution in [2.75, 3.05) is 6.61 Å². The molecule has 1 aliphatic rings. The van der Waals surface area contributed by atoms with Crippen molar-refractivity contribution in [2.24, 2.45) is 0 Å². The molecule has 2 aromatic rings. The highest BCUT2D eigenvalue weighted by Gasteiger charge is 2.23. The second-order valence-electron chi connectivity index (χ2n) is 4.68. The lowest BCUT2D eigenvalue weighted by molar-refractivity contribution is -0.124. The molecule has 0 saturated heterocycles. The lowest BCUT2D eigenvalue weighted by Crippen LogP contribution is -2.30. The van der Waals surface area contributed by atoms with Gasteiger partial charge >= 0.3 is 5.97 Å². The molecule has 1 saturated carbocycles. The maximum Gasteiger partial charge on any atom is 0.338 e. The molecule has 6 nitrogen and oxygen atoms in total. The van der Waals surface area contributed by atoms with Gasteiger partial charge in [0.05, 0.1) is 16.6 Å². The number of rotatable bonds is 4. The fourth-order valence-corrected chi connectivity index (χ4v) is 1.80. The van der Waals surface area contributed by atoms with Crippen LogP contribution in [0.25, 0.3) is 11.0 Å². The first kappa shape index (κ1) is 12.5. The van der Waals surface area contributed by atoms with Gasteiger partial charge in [-0.3, -0.25) is 14.8 Å². The maximum absolute atomic E-state index is 11.8. The molecule has 1 N–H and O–H groups in total. The minimum atomic E-state index is -0.538. The van der Waals surface area contributed by atoms with Crippen molar-refractivity contribution >= 4 is 22.9 Å². The average molecular weight is 271 g/mol. The zero-order chi connectivity index (χ0) is 13.9. The van der Waals surface area contributed by atoms with Crippen molar-refractivity contribution < 1.29 is 14.3 Å². The molecule has 6 heteroatoms. The topological polar surface area (TPSA) is 81.2 Å². The lowest BCUT2D eigenvalue weighted by atomic mass is 10.2. The van der Waals surface area contributed by atoms with Crippen LogP contribution in [0.4, 0.5) is 0 Å². The van der Waals surface area contributed by atoms with Crippen LogP contribution >= 0.6 is 0 Å². The summed E-state index contributed by atoms with van der Waals surface area (Å²) in [6.45, 7) is -0.256. The number of esters is 1. The van der Waals surface area contributed by atoms with Crippen LogP contribution in [0.15, 0.2) is 30.6 Å². The Labute approximate surface area is 115 Å². The van der Waals surface area contributed by atoms with E-state index in [9.17, 15) is 9.59 Å². The van der Waals surface area contributed by atoms with Crippen molar-refractivity contribution in [1.82, 2.24) is 15.3 Å². The van der Waals surface area contributed by atoms with E-state index in [-0.39, 0.29) is 18.6 Å². The Balaban J connectivity index is 1.63. The number of aromatic nitrogens is 2. The molecule has 0 unspecified atom stereocenters. The Bertz CT molecular complexity index is 668. The molecule has 1 amide bonds. The van der Waals surface area contributed by atoms with Crippen molar-refractivity contribution in [3.8, 4) is 0 Å². The highest BCUT2D eigenvalue weighted by molar-refractivity contribution is 5.94. The minimum absolute atomic E-state index is 0.256. The van der Waals surface area contributed by atoms with Crippen molar-refractivity contribution in [2.45, 2.75) is 18.9 Å². The van der Waals surface area contributed by atoms with Gasteiger partial charge in [-0.2, -0.15) is 0 Å². The Morgan fingerprint density at radius 3 is 2.70 bits per heavy atom. The fourth-order valence-electron chi connectivity index (χ4n) is 1.80. The van der Waals surface area contributed by atoms with Gasteiger partial charge in [-0.05, 0) is 31.0 Å². The molecule has 20 heavy (non-hydrogen) atoms. The van der Waals surface area contributed by atoms with Crippen LogP contribution in [0.3, 0.4) is 0 Å². The maximum atomic E-state index is 11.8. The van der Waals surface area contributed by atoms with E-state index in [4.69, 9.17) is 4.74 Å². The van der Waals surface area contributed by atoms with Crippen LogP contribution in [0, 0.1) is 0 Å². The van der Waals surface area contributed by atoms with Crippen molar-refractivity contribution in [3.63, 3.8) is 0 Å². The molecule has 102 valence electrons. The highest BCUT2D eigenvalue weighted by atomic mass is 16.5. The van der Waals surface area contributed by atoms with E-state index in [1.165, 1.54) is 0 Å². The zero-order valence-electron chi connectivity index (χ0n) is 10.7. The molecule has 0 radical (unpaired) electrons. The summed E-state index contributed by atoms with van der Waals surface area (Å²) in [6.07, 6.45) is 5.15. The Morgan fingerprint density at radius 2 is 1.95 bits per heavy atom. The molecule has 1 fully saturated rings. The first-order valence-electron chi connectivity index (χ1n) is 6.39. The summed E-state index contributed by atoms with van der Waals surface area (Å²) in [6, 6.07) is 5.17. The molecule has 3 rings (SSSR count). The highest BCUT2D eigenvalue weighted by Crippen LogP contribution is 2.18. The van der Waals surface area contributed by atoms with Gasteiger partial charge in [-0.1, -0.05) is 0 Å². The van der Waals surface area contributed by atoms with E-state index >= 15 is 0 Å². The van der Waals surface area contributed by atoms with Gasteiger partial charge in [-0.25, -0.2) is 4.79 Å². The van der Waals surface area contributed by atoms with E-state index in [1.807, 2.05) is 0 Å². The van der Waals surface area contributed by atoms with Crippen LogP contribution < -0.4 is 5.32 Å². The van der Waals surface area contributed by atoms with E-state index in [1.54, 1.807) is 30.6 Å². The third-order valence-corrected chi connectivity index (χ3v) is 2.98. The van der Waals surface area contributed by atoms with Gasteiger partial charge in [0.2, 0.25) is 0 Å². The van der Waals surface area contributed by atoms with Crippen LogP contribution in [-0.2, 0) is 9.53 Å². The molecular weight excluding hydrogens is 258 g/mol. The quantitative estimate of drug-likeness (QED) is 0.841. The Kier molecular flexibility index (Phi) is 3.28. The van der Waals surface area contributed by atoms with E-state index in [0.29, 0.717) is 16.6 Å². The van der Waals surface area contributed by atoms with Gasteiger partial charge < -0.3 is 10.1 Å². The van der Waals surface area contributed by atoms with Crippen LogP contribution in [0.2, 0.25) is 0 Å². The number of nitrogens with zero attached hydrogens (tertiary/aromatic N) is 2. The zero-order valence-corrected chi connectivity index (χ0v) is 10.7. The largest absolute Gasteiger partial charge is 0.452 e. The second kappa shape index (κ2) is 5.24. The van der Waals surface area contributed by atoms with Gasteiger partial charge in [-0.15, -0.1) is 0 Å². The lowest BCUT2D eigenvalue weighted by Gasteiger charge is -2.06. The second-order valence-corrected chi connectivity index (χ2v) is 4.68. The van der Waals surface area contributed by atoms with Crippen molar-refractivity contribution in [3.05, 3.63) is 36.2 Å². The normalized spacial score (nSPS) is 14.0. The number of hydrogen-bond donors (Lipinski definition) is 1. The predicted octanol–water partition coefficient (Wildman–Crippen LogP) is 1.07. The summed E-state index contributed by atoms with van der Waals surface area (Å²) >= 11 is 0. The third-order valence-electron chi connectivity index (χ3n) is 2.98. The first-order chi connectivity index (χ1) is 9.72. The number of fused-ring (bicyclic) bond motifs is 1. The van der Waals surface area contributed by atoms with Crippen LogP contribution in [-0.4, -0.2) is 34.5 Å². The number of amides is 1. The van der Waals surface area contributed by atoms with E-state index in [2.05, 4.69) is 15.3 Å².